The number of hydrogen-bond donors (Lipinski definition) is 0. The Morgan fingerprint density at radius 1 is 1.29 bits per heavy atom. The van der Waals surface area contributed by atoms with Gasteiger partial charge < -0.3 is 23.5 Å². The van der Waals surface area contributed by atoms with Crippen molar-refractivity contribution in [1.82, 2.24) is 9.91 Å². The van der Waals surface area contributed by atoms with Gasteiger partial charge in [-0.2, -0.15) is 10.1 Å². The Labute approximate surface area is 206 Å². The zero-order valence-corrected chi connectivity index (χ0v) is 20.0. The molecule has 0 radical (unpaired) electrons. The van der Waals surface area contributed by atoms with E-state index in [2.05, 4.69) is 9.84 Å². The van der Waals surface area contributed by atoms with E-state index >= 15 is 0 Å². The molecule has 0 aliphatic carbocycles. The number of esters is 1. The Bertz CT molecular complexity index is 966. The van der Waals surface area contributed by atoms with Gasteiger partial charge in [-0.15, -0.1) is 12.4 Å². The van der Waals surface area contributed by atoms with Crippen molar-refractivity contribution in [2.24, 2.45) is 5.10 Å². The molecule has 186 valence electrons. The summed E-state index contributed by atoms with van der Waals surface area (Å²) in [5, 5.41) is 15.8. The van der Waals surface area contributed by atoms with Crippen LogP contribution in [-0.4, -0.2) is 80.1 Å². The number of furan rings is 1. The summed E-state index contributed by atoms with van der Waals surface area (Å²) in [6.07, 6.45) is 0.678. The van der Waals surface area contributed by atoms with Crippen LogP contribution in [0.4, 0.5) is 10.7 Å². The van der Waals surface area contributed by atoms with E-state index in [-0.39, 0.29) is 43.2 Å². The number of benzene rings is 1. The van der Waals surface area contributed by atoms with E-state index in [1.54, 1.807) is 24.3 Å². The largest absolute Gasteiger partial charge is 0.482 e. The lowest BCUT2D eigenvalue weighted by Gasteiger charge is -2.10. The van der Waals surface area contributed by atoms with Gasteiger partial charge in [-0.25, -0.2) is 9.59 Å². The highest BCUT2D eigenvalue weighted by molar-refractivity contribution is 6.30. The Balaban J connectivity index is 0.000000331. The van der Waals surface area contributed by atoms with E-state index in [1.807, 2.05) is 19.0 Å². The maximum Gasteiger partial charge on any atom is 0.433 e. The number of likely N-dealkylation sites (N-methyl/N-ethyl adjacent to an activating group) is 1. The number of carbonyl (C=O) groups excluding carboxylic acids is 2. The van der Waals surface area contributed by atoms with Gasteiger partial charge in [0.25, 0.3) is 0 Å². The molecule has 12 nitrogen and oxygen atoms in total. The molecule has 34 heavy (non-hydrogen) atoms. The summed E-state index contributed by atoms with van der Waals surface area (Å²) in [7, 11) is 3.83. The molecule has 0 unspecified atom stereocenters. The molecule has 14 heteroatoms. The Hall–Kier alpha value is -3.35. The van der Waals surface area contributed by atoms with E-state index in [4.69, 9.17) is 25.5 Å². The molecule has 3 rings (SSSR count). The minimum Gasteiger partial charge on any atom is -0.482 e. The first-order valence-electron chi connectivity index (χ1n) is 9.66. The lowest BCUT2D eigenvalue weighted by Crippen LogP contribution is -2.22. The molecule has 1 aliphatic rings. The average molecular weight is 519 g/mol. The predicted octanol–water partition coefficient (Wildman–Crippen LogP) is 3.22. The van der Waals surface area contributed by atoms with Crippen molar-refractivity contribution in [3.8, 4) is 5.75 Å². The second-order valence-electron chi connectivity index (χ2n) is 6.68. The number of nitro groups is 1. The molecule has 2 heterocycles. The fourth-order valence-electron chi connectivity index (χ4n) is 2.18. The Morgan fingerprint density at radius 2 is 2.00 bits per heavy atom. The molecule has 1 aromatic carbocycles. The molecule has 0 N–H and O–H groups in total. The maximum absolute atomic E-state index is 11.3. The number of nitrogens with zero attached hydrogens (tertiary/aromatic N) is 4. The van der Waals surface area contributed by atoms with Crippen LogP contribution >= 0.6 is 24.0 Å². The van der Waals surface area contributed by atoms with Crippen molar-refractivity contribution in [3.63, 3.8) is 0 Å². The summed E-state index contributed by atoms with van der Waals surface area (Å²) in [6, 6.07) is 9.42. The summed E-state index contributed by atoms with van der Waals surface area (Å²) in [4.78, 5) is 33.8. The zero-order chi connectivity index (χ0) is 24.2. The first-order chi connectivity index (χ1) is 15.7. The highest BCUT2D eigenvalue weighted by Gasteiger charge is 2.21. The number of cyclic esters (lactones) is 1. The molecular formula is C20H24Cl2N4O8. The fraction of sp³-hybridized carbons (Fsp3) is 0.350. The van der Waals surface area contributed by atoms with Gasteiger partial charge in [-0.3, -0.25) is 10.1 Å². The Morgan fingerprint density at radius 3 is 2.56 bits per heavy atom. The van der Waals surface area contributed by atoms with Crippen LogP contribution in [0.25, 0.3) is 0 Å². The SMILES string of the molecule is CN(C)CCOC(=O)COc1ccc(Cl)cc1.Cl.O=C1OCCN1N=Cc1ccc([N+](=O)[O-])o1. The number of ether oxygens (including phenoxy) is 3. The van der Waals surface area contributed by atoms with Crippen molar-refractivity contribution in [1.29, 1.82) is 0 Å². The minimum absolute atomic E-state index is 0. The van der Waals surface area contributed by atoms with Crippen LogP contribution in [0.2, 0.25) is 5.02 Å². The van der Waals surface area contributed by atoms with Crippen LogP contribution in [0.3, 0.4) is 0 Å². The van der Waals surface area contributed by atoms with Crippen molar-refractivity contribution in [2.45, 2.75) is 0 Å². The Kier molecular flexibility index (Phi) is 12.4. The summed E-state index contributed by atoms with van der Waals surface area (Å²) in [6.45, 7) is 1.63. The molecule has 2 aromatic rings. The average Bonchev–Trinajstić information content (AvgIpc) is 3.41. The second-order valence-corrected chi connectivity index (χ2v) is 7.12. The smallest absolute Gasteiger partial charge is 0.433 e. The highest BCUT2D eigenvalue weighted by Crippen LogP contribution is 2.15. The van der Waals surface area contributed by atoms with Crippen LogP contribution in [0.5, 0.6) is 5.75 Å². The number of hydrazone groups is 1. The van der Waals surface area contributed by atoms with Gasteiger partial charge in [0.1, 0.15) is 23.9 Å². The molecule has 1 aliphatic heterocycles. The molecule has 1 aromatic heterocycles. The molecular weight excluding hydrogens is 495 g/mol. The van der Waals surface area contributed by atoms with Gasteiger partial charge in [0.15, 0.2) is 12.4 Å². The third-order valence-corrected chi connectivity index (χ3v) is 4.08. The standard InChI is InChI=1S/C12H16ClNO3.C8H7N3O5.ClH/c1-14(2)7-8-16-12(15)9-17-11-5-3-10(13)4-6-11;12-8-10(3-4-15-8)9-5-6-1-2-7(16-6)11(13)14;/h3-6H,7-9H2,1-2H3;1-2,5H,3-4H2;1H. The zero-order valence-electron chi connectivity index (χ0n) is 18.4. The molecule has 1 fully saturated rings. The topological polar surface area (TPSA) is 137 Å². The van der Waals surface area contributed by atoms with Gasteiger partial charge in [0.05, 0.1) is 18.8 Å². The number of rotatable bonds is 9. The third kappa shape index (κ3) is 10.5. The second kappa shape index (κ2) is 14.7. The van der Waals surface area contributed by atoms with E-state index < -0.39 is 11.0 Å². The third-order valence-electron chi connectivity index (χ3n) is 3.83. The number of carbonyl (C=O) groups is 2. The summed E-state index contributed by atoms with van der Waals surface area (Å²) >= 11 is 5.72. The van der Waals surface area contributed by atoms with Crippen molar-refractivity contribution >= 4 is 48.2 Å². The molecule has 0 spiro atoms. The van der Waals surface area contributed by atoms with Crippen molar-refractivity contribution in [2.75, 3.05) is 47.0 Å². The molecule has 1 amide bonds. The molecule has 0 saturated carbocycles. The summed E-state index contributed by atoms with van der Waals surface area (Å²) in [5.41, 5.74) is 0. The lowest BCUT2D eigenvalue weighted by atomic mass is 10.3. The highest BCUT2D eigenvalue weighted by atomic mass is 35.5. The van der Waals surface area contributed by atoms with Crippen molar-refractivity contribution < 1.29 is 33.1 Å². The van der Waals surface area contributed by atoms with Crippen LogP contribution in [0.15, 0.2) is 45.9 Å². The van der Waals surface area contributed by atoms with E-state index in [9.17, 15) is 19.7 Å². The van der Waals surface area contributed by atoms with Crippen LogP contribution in [0.1, 0.15) is 5.76 Å². The molecule has 0 atom stereocenters. The van der Waals surface area contributed by atoms with E-state index in [0.717, 1.165) is 5.01 Å². The van der Waals surface area contributed by atoms with Gasteiger partial charge in [-0.05, 0) is 44.4 Å². The van der Waals surface area contributed by atoms with Crippen LogP contribution < -0.4 is 4.74 Å². The fourth-order valence-corrected chi connectivity index (χ4v) is 2.31. The lowest BCUT2D eigenvalue weighted by molar-refractivity contribution is -0.402. The number of hydrogen-bond acceptors (Lipinski definition) is 10. The summed E-state index contributed by atoms with van der Waals surface area (Å²) < 4.78 is 19.6. The van der Waals surface area contributed by atoms with Gasteiger partial charge in [-0.1, -0.05) is 11.6 Å². The van der Waals surface area contributed by atoms with E-state index in [0.29, 0.717) is 30.5 Å². The number of amides is 1. The molecule has 1 saturated heterocycles. The van der Waals surface area contributed by atoms with Gasteiger partial charge in [0, 0.05) is 11.6 Å². The first-order valence-corrected chi connectivity index (χ1v) is 10.0. The molecule has 0 bridgehead atoms. The van der Waals surface area contributed by atoms with Crippen LogP contribution in [-0.2, 0) is 14.3 Å². The van der Waals surface area contributed by atoms with Crippen molar-refractivity contribution in [3.05, 3.63) is 57.3 Å². The minimum atomic E-state index is -0.651. The maximum atomic E-state index is 11.3. The predicted molar refractivity (Wildman–Crippen MR) is 125 cm³/mol. The first kappa shape index (κ1) is 28.7. The quantitative estimate of drug-likeness (QED) is 0.212. The number of halogens is 2. The summed E-state index contributed by atoms with van der Waals surface area (Å²) in [5.74, 6) is 0.0533. The van der Waals surface area contributed by atoms with E-state index in [1.165, 1.54) is 18.3 Å². The van der Waals surface area contributed by atoms with Crippen LogP contribution in [0, 0.1) is 10.1 Å². The normalized spacial score (nSPS) is 12.6. The monoisotopic (exact) mass is 518 g/mol. The van der Waals surface area contributed by atoms with Gasteiger partial charge >= 0.3 is 17.9 Å². The van der Waals surface area contributed by atoms with Gasteiger partial charge in [0.2, 0.25) is 0 Å².